The Morgan fingerprint density at radius 3 is 1.08 bits per heavy atom. The van der Waals surface area contributed by atoms with Crippen molar-refractivity contribution >= 4 is 39.2 Å². The van der Waals surface area contributed by atoms with Gasteiger partial charge in [-0.05, 0) is 12.0 Å². The van der Waals surface area contributed by atoms with E-state index in [0.717, 1.165) is 6.42 Å². The van der Waals surface area contributed by atoms with Crippen molar-refractivity contribution in [2.45, 2.75) is 135 Å². The highest BCUT2D eigenvalue weighted by Gasteiger charge is 2.32. The van der Waals surface area contributed by atoms with Gasteiger partial charge in [0.25, 0.3) is 0 Å². The van der Waals surface area contributed by atoms with E-state index in [1.807, 2.05) is 0 Å². The molecule has 0 amide bonds. The van der Waals surface area contributed by atoms with Gasteiger partial charge in [-0.1, -0.05) is 123 Å². The number of hydrogen-bond acceptors (Lipinski definition) is 0. The van der Waals surface area contributed by atoms with E-state index in [-0.39, 0.29) is 0 Å². The molecular formula is C21H43Cl3Si. The lowest BCUT2D eigenvalue weighted by molar-refractivity contribution is 0.524. The molecule has 1 atom stereocenters. The molecule has 0 nitrogen and oxygen atoms in total. The second-order valence-corrected chi connectivity index (χ2v) is 17.1. The molecule has 0 N–H and O–H groups in total. The molecule has 0 rings (SSSR count). The van der Waals surface area contributed by atoms with Gasteiger partial charge in [0.2, 0.25) is 0 Å². The van der Waals surface area contributed by atoms with Crippen LogP contribution >= 0.6 is 33.2 Å². The Kier molecular flexibility index (Phi) is 19.3. The monoisotopic (exact) mass is 428 g/mol. The summed E-state index contributed by atoms with van der Waals surface area (Å²) in [4.78, 5) is 0. The number of rotatable bonds is 19. The van der Waals surface area contributed by atoms with Crippen LogP contribution < -0.4 is 0 Å². The summed E-state index contributed by atoms with van der Waals surface area (Å²) in [5.41, 5.74) is 0.300. The van der Waals surface area contributed by atoms with E-state index in [2.05, 4.69) is 13.8 Å². The summed E-state index contributed by atoms with van der Waals surface area (Å²) in [6.45, 7) is 4.38. The van der Waals surface area contributed by atoms with Gasteiger partial charge in [-0.3, -0.25) is 0 Å². The van der Waals surface area contributed by atoms with Crippen molar-refractivity contribution in [2.75, 3.05) is 0 Å². The SMILES string of the molecule is CCCCCCCCCCCCCCCCCCCC(C)[Si](Cl)(Cl)Cl. The first-order valence-corrected chi connectivity index (χ1v) is 16.2. The molecule has 0 heterocycles. The normalized spacial score (nSPS) is 13.3. The molecule has 0 aliphatic heterocycles. The van der Waals surface area contributed by atoms with Gasteiger partial charge >= 0.3 is 6.00 Å². The van der Waals surface area contributed by atoms with E-state index < -0.39 is 6.00 Å². The molecule has 1 unspecified atom stereocenters. The third kappa shape index (κ3) is 19.6. The molecule has 0 aromatic rings. The van der Waals surface area contributed by atoms with Crippen LogP contribution in [-0.2, 0) is 0 Å². The number of halogens is 3. The molecule has 0 bridgehead atoms. The highest BCUT2D eigenvalue weighted by molar-refractivity contribution is 7.65. The average molecular weight is 430 g/mol. The molecule has 0 fully saturated rings. The fourth-order valence-corrected chi connectivity index (χ4v) is 4.85. The van der Waals surface area contributed by atoms with E-state index in [0.29, 0.717) is 5.54 Å². The van der Waals surface area contributed by atoms with E-state index >= 15 is 0 Å². The van der Waals surface area contributed by atoms with Gasteiger partial charge in [-0.15, -0.1) is 33.2 Å². The smallest absolute Gasteiger partial charge is 0.126 e. The Bertz CT molecular complexity index is 266. The van der Waals surface area contributed by atoms with Gasteiger partial charge in [0.1, 0.15) is 0 Å². The first-order valence-electron chi connectivity index (χ1n) is 11.0. The minimum atomic E-state index is -2.45. The van der Waals surface area contributed by atoms with Gasteiger partial charge in [-0.2, -0.15) is 0 Å². The summed E-state index contributed by atoms with van der Waals surface area (Å²) in [7, 11) is 0. The van der Waals surface area contributed by atoms with Crippen molar-refractivity contribution in [3.05, 3.63) is 0 Å². The lowest BCUT2D eigenvalue weighted by Crippen LogP contribution is -2.16. The average Bonchev–Trinajstić information content (AvgIpc) is 2.56. The van der Waals surface area contributed by atoms with Crippen LogP contribution in [0.5, 0.6) is 0 Å². The van der Waals surface area contributed by atoms with Crippen LogP contribution in [-0.4, -0.2) is 6.00 Å². The summed E-state index contributed by atoms with van der Waals surface area (Å²) < 4.78 is 0. The second-order valence-electron chi connectivity index (χ2n) is 7.89. The Labute approximate surface area is 173 Å². The van der Waals surface area contributed by atoms with Crippen molar-refractivity contribution in [3.63, 3.8) is 0 Å². The van der Waals surface area contributed by atoms with Crippen molar-refractivity contribution < 1.29 is 0 Å². The van der Waals surface area contributed by atoms with Crippen LogP contribution in [0.15, 0.2) is 0 Å². The maximum absolute atomic E-state index is 6.03. The van der Waals surface area contributed by atoms with E-state index in [9.17, 15) is 0 Å². The number of hydrogen-bond donors (Lipinski definition) is 0. The lowest BCUT2D eigenvalue weighted by Gasteiger charge is -2.16. The molecule has 152 valence electrons. The molecule has 0 aliphatic rings. The van der Waals surface area contributed by atoms with E-state index in [4.69, 9.17) is 33.2 Å². The highest BCUT2D eigenvalue weighted by Crippen LogP contribution is 2.37. The van der Waals surface area contributed by atoms with Gasteiger partial charge in [0.15, 0.2) is 0 Å². The number of unbranched alkanes of at least 4 members (excludes halogenated alkanes) is 16. The zero-order chi connectivity index (χ0) is 18.8. The minimum absolute atomic E-state index is 0.300. The zero-order valence-corrected chi connectivity index (χ0v) is 20.2. The maximum atomic E-state index is 6.03. The molecule has 0 saturated carbocycles. The van der Waals surface area contributed by atoms with Crippen LogP contribution in [0.25, 0.3) is 0 Å². The quantitative estimate of drug-likeness (QED) is 0.109. The van der Waals surface area contributed by atoms with Crippen LogP contribution in [0.3, 0.4) is 0 Å². The molecule has 0 saturated heterocycles. The Morgan fingerprint density at radius 2 is 0.800 bits per heavy atom. The minimum Gasteiger partial charge on any atom is -0.126 e. The summed E-state index contributed by atoms with van der Waals surface area (Å²) in [5.74, 6) is 0. The summed E-state index contributed by atoms with van der Waals surface area (Å²) in [6, 6.07) is -2.45. The van der Waals surface area contributed by atoms with Crippen LogP contribution in [0.2, 0.25) is 5.54 Å². The van der Waals surface area contributed by atoms with Crippen LogP contribution in [0, 0.1) is 0 Å². The Balaban J connectivity index is 3.10. The van der Waals surface area contributed by atoms with Gasteiger partial charge < -0.3 is 0 Å². The highest BCUT2D eigenvalue weighted by atomic mass is 35.8. The molecule has 0 aromatic heterocycles. The molecular weight excluding hydrogens is 387 g/mol. The van der Waals surface area contributed by atoms with Crippen molar-refractivity contribution in [3.8, 4) is 0 Å². The molecule has 25 heavy (non-hydrogen) atoms. The summed E-state index contributed by atoms with van der Waals surface area (Å²) in [5, 5.41) is 0. The molecule has 4 heteroatoms. The van der Waals surface area contributed by atoms with Crippen LogP contribution in [0.1, 0.15) is 129 Å². The van der Waals surface area contributed by atoms with E-state index in [1.165, 1.54) is 109 Å². The van der Waals surface area contributed by atoms with Crippen LogP contribution in [0.4, 0.5) is 0 Å². The second kappa shape index (κ2) is 18.5. The topological polar surface area (TPSA) is 0 Å². The first kappa shape index (κ1) is 26.1. The lowest BCUT2D eigenvalue weighted by atomic mass is 10.0. The van der Waals surface area contributed by atoms with Gasteiger partial charge in [0, 0.05) is 0 Å². The zero-order valence-electron chi connectivity index (χ0n) is 16.9. The summed E-state index contributed by atoms with van der Waals surface area (Å²) >= 11 is 18.1. The Morgan fingerprint density at radius 1 is 0.520 bits per heavy atom. The Hall–Kier alpha value is 1.09. The third-order valence-corrected chi connectivity index (χ3v) is 10.1. The largest absolute Gasteiger partial charge is 0.344 e. The first-order chi connectivity index (χ1) is 12.0. The fraction of sp³-hybridized carbons (Fsp3) is 1.00. The van der Waals surface area contributed by atoms with Gasteiger partial charge in [-0.25, -0.2) is 0 Å². The van der Waals surface area contributed by atoms with E-state index in [1.54, 1.807) is 0 Å². The molecule has 0 aliphatic carbocycles. The fourth-order valence-electron chi connectivity index (χ4n) is 3.34. The maximum Gasteiger partial charge on any atom is 0.344 e. The van der Waals surface area contributed by atoms with Crippen molar-refractivity contribution in [1.29, 1.82) is 0 Å². The predicted molar refractivity (Wildman–Crippen MR) is 122 cm³/mol. The third-order valence-electron chi connectivity index (χ3n) is 5.30. The standard InChI is InChI=1S/C21H43Cl3Si/c1-3-4-5-6-7-8-9-10-11-12-13-14-15-16-17-18-19-20-21(2)25(22,23)24/h21H,3-20H2,1-2H3. The van der Waals surface area contributed by atoms with Crippen molar-refractivity contribution in [2.24, 2.45) is 0 Å². The molecule has 0 aromatic carbocycles. The van der Waals surface area contributed by atoms with Gasteiger partial charge in [0.05, 0.1) is 0 Å². The molecule has 0 radical (unpaired) electrons. The predicted octanol–water partition coefficient (Wildman–Crippen LogP) is 10.1. The summed E-state index contributed by atoms with van der Waals surface area (Å²) in [6.07, 6.45) is 25.0. The molecule has 0 spiro atoms. The van der Waals surface area contributed by atoms with Crippen molar-refractivity contribution in [1.82, 2.24) is 0 Å².